The van der Waals surface area contributed by atoms with Crippen molar-refractivity contribution in [3.8, 4) is 5.75 Å². The quantitative estimate of drug-likeness (QED) is 0.156. The lowest BCUT2D eigenvalue weighted by atomic mass is 9.88. The second kappa shape index (κ2) is 12.1. The molecule has 0 spiro atoms. The van der Waals surface area contributed by atoms with Crippen molar-refractivity contribution >= 4 is 33.7 Å². The number of ether oxygens (including phenoxy) is 1. The van der Waals surface area contributed by atoms with Gasteiger partial charge in [0.2, 0.25) is 0 Å². The van der Waals surface area contributed by atoms with Crippen LogP contribution in [0.3, 0.4) is 0 Å². The van der Waals surface area contributed by atoms with Crippen molar-refractivity contribution < 1.29 is 4.74 Å². The molecule has 0 fully saturated rings. The molecule has 0 aliphatic rings. The van der Waals surface area contributed by atoms with Gasteiger partial charge in [-0.25, -0.2) is 0 Å². The molecule has 3 aromatic rings. The van der Waals surface area contributed by atoms with Crippen LogP contribution in [0.15, 0.2) is 78.9 Å². The van der Waals surface area contributed by atoms with Crippen LogP contribution in [0.1, 0.15) is 42.9 Å². The number of hydrogen-bond acceptors (Lipinski definition) is 2. The Labute approximate surface area is 201 Å². The van der Waals surface area contributed by atoms with Gasteiger partial charge in [0.15, 0.2) is 0 Å². The third-order valence-electron chi connectivity index (χ3n) is 5.32. The predicted molar refractivity (Wildman–Crippen MR) is 142 cm³/mol. The van der Waals surface area contributed by atoms with Crippen LogP contribution in [-0.4, -0.2) is 32.1 Å². The Bertz CT molecular complexity index is 960. The van der Waals surface area contributed by atoms with E-state index in [1.807, 2.05) is 0 Å². The second-order valence-corrected chi connectivity index (χ2v) is 9.21. The molecule has 3 heteroatoms. The smallest absolute Gasteiger partial charge is 0.119 e. The first kappa shape index (κ1) is 23.6. The average molecular weight is 525 g/mol. The third-order valence-corrected chi connectivity index (χ3v) is 6.04. The van der Waals surface area contributed by atoms with E-state index in [2.05, 4.69) is 127 Å². The van der Waals surface area contributed by atoms with Gasteiger partial charge in [0, 0.05) is 3.57 Å². The zero-order chi connectivity index (χ0) is 22.1. The molecule has 162 valence electrons. The number of benzene rings is 3. The van der Waals surface area contributed by atoms with Gasteiger partial charge in [-0.15, -0.1) is 0 Å². The number of unbranched alkanes of at least 4 members (excludes halogenated alkanes) is 1. The van der Waals surface area contributed by atoms with E-state index in [1.165, 1.54) is 31.4 Å². The molecule has 0 aliphatic carbocycles. The normalized spacial score (nSPS) is 12.0. The fourth-order valence-electron chi connectivity index (χ4n) is 3.73. The third kappa shape index (κ3) is 6.94. The summed E-state index contributed by atoms with van der Waals surface area (Å²) in [5.41, 5.74) is 6.40. The van der Waals surface area contributed by atoms with E-state index in [0.717, 1.165) is 38.2 Å². The van der Waals surface area contributed by atoms with Gasteiger partial charge in [-0.1, -0.05) is 61.5 Å². The van der Waals surface area contributed by atoms with E-state index >= 15 is 0 Å². The van der Waals surface area contributed by atoms with Crippen molar-refractivity contribution in [2.45, 2.75) is 26.2 Å². The maximum atomic E-state index is 5.98. The van der Waals surface area contributed by atoms with Crippen LogP contribution in [0.5, 0.6) is 5.75 Å². The van der Waals surface area contributed by atoms with E-state index in [-0.39, 0.29) is 0 Å². The first-order valence-electron chi connectivity index (χ1n) is 11.0. The standard InChI is InChI=1S/C28H32INO/c1-4-27(22-10-6-5-7-11-22)28(23-12-16-25(29)17-13-23)24-14-18-26(19-15-24)31-21-9-8-20-30(2)3/h5-7,10-19H,4,8-9,20-21H2,1-3H3. The van der Waals surface area contributed by atoms with Crippen molar-refractivity contribution in [2.24, 2.45) is 0 Å². The van der Waals surface area contributed by atoms with E-state index in [1.54, 1.807) is 0 Å². The summed E-state index contributed by atoms with van der Waals surface area (Å²) in [5, 5.41) is 0. The molecule has 2 nitrogen and oxygen atoms in total. The Morgan fingerprint density at radius 3 is 1.97 bits per heavy atom. The van der Waals surface area contributed by atoms with Crippen molar-refractivity contribution in [2.75, 3.05) is 27.2 Å². The summed E-state index contributed by atoms with van der Waals surface area (Å²) in [6.07, 6.45) is 3.19. The lowest BCUT2D eigenvalue weighted by Gasteiger charge is -2.17. The van der Waals surface area contributed by atoms with Gasteiger partial charge >= 0.3 is 0 Å². The van der Waals surface area contributed by atoms with E-state index in [0.29, 0.717) is 0 Å². The SMILES string of the molecule is CCC(=C(c1ccc(I)cc1)c1ccc(OCCCCN(C)C)cc1)c1ccccc1. The molecule has 0 aliphatic heterocycles. The molecule has 0 saturated carbocycles. The number of allylic oxidation sites excluding steroid dienone is 1. The van der Waals surface area contributed by atoms with Gasteiger partial charge in [0.1, 0.15) is 5.75 Å². The zero-order valence-electron chi connectivity index (χ0n) is 18.8. The first-order valence-corrected chi connectivity index (χ1v) is 12.1. The van der Waals surface area contributed by atoms with Crippen molar-refractivity contribution in [3.63, 3.8) is 0 Å². The van der Waals surface area contributed by atoms with E-state index in [4.69, 9.17) is 4.74 Å². The molecule has 3 aromatic carbocycles. The second-order valence-electron chi connectivity index (χ2n) is 7.96. The fourth-order valence-corrected chi connectivity index (χ4v) is 4.09. The topological polar surface area (TPSA) is 12.5 Å². The number of nitrogens with zero attached hydrogens (tertiary/aromatic N) is 1. The summed E-state index contributed by atoms with van der Waals surface area (Å²) in [5.74, 6) is 0.938. The summed E-state index contributed by atoms with van der Waals surface area (Å²) < 4.78 is 7.23. The average Bonchev–Trinajstić information content (AvgIpc) is 2.79. The summed E-state index contributed by atoms with van der Waals surface area (Å²) in [4.78, 5) is 2.21. The number of rotatable bonds is 10. The summed E-state index contributed by atoms with van der Waals surface area (Å²) in [6, 6.07) is 28.1. The Kier molecular flexibility index (Phi) is 9.16. The minimum absolute atomic E-state index is 0.761. The van der Waals surface area contributed by atoms with Gasteiger partial charge < -0.3 is 9.64 Å². The molecule has 3 rings (SSSR count). The van der Waals surface area contributed by atoms with E-state index in [9.17, 15) is 0 Å². The molecule has 0 saturated heterocycles. The first-order chi connectivity index (χ1) is 15.1. The molecular weight excluding hydrogens is 493 g/mol. The summed E-state index contributed by atoms with van der Waals surface area (Å²) in [6.45, 7) is 4.10. The van der Waals surface area contributed by atoms with Crippen LogP contribution in [0.4, 0.5) is 0 Å². The molecule has 0 heterocycles. The Morgan fingerprint density at radius 2 is 1.39 bits per heavy atom. The van der Waals surface area contributed by atoms with Crippen molar-refractivity contribution in [1.29, 1.82) is 0 Å². The maximum absolute atomic E-state index is 5.98. The molecular formula is C28H32INO. The highest BCUT2D eigenvalue weighted by molar-refractivity contribution is 14.1. The van der Waals surface area contributed by atoms with Gasteiger partial charge in [-0.2, -0.15) is 0 Å². The van der Waals surface area contributed by atoms with Crippen LogP contribution in [0.25, 0.3) is 11.1 Å². The van der Waals surface area contributed by atoms with E-state index < -0.39 is 0 Å². The van der Waals surface area contributed by atoms with Crippen LogP contribution in [0.2, 0.25) is 0 Å². The van der Waals surface area contributed by atoms with Gasteiger partial charge in [0.25, 0.3) is 0 Å². The van der Waals surface area contributed by atoms with Crippen LogP contribution in [0, 0.1) is 3.57 Å². The molecule has 0 atom stereocenters. The summed E-state index contributed by atoms with van der Waals surface area (Å²) >= 11 is 2.36. The number of halogens is 1. The predicted octanol–water partition coefficient (Wildman–Crippen LogP) is 7.38. The molecule has 0 aromatic heterocycles. The number of hydrogen-bond donors (Lipinski definition) is 0. The minimum atomic E-state index is 0.761. The highest BCUT2D eigenvalue weighted by Gasteiger charge is 2.13. The molecule has 0 bridgehead atoms. The van der Waals surface area contributed by atoms with Crippen LogP contribution in [-0.2, 0) is 0 Å². The Hall–Kier alpha value is -2.11. The molecule has 31 heavy (non-hydrogen) atoms. The van der Waals surface area contributed by atoms with Crippen molar-refractivity contribution in [3.05, 3.63) is 99.1 Å². The van der Waals surface area contributed by atoms with Gasteiger partial charge in [-0.3, -0.25) is 0 Å². The fraction of sp³-hybridized carbons (Fsp3) is 0.286. The maximum Gasteiger partial charge on any atom is 0.119 e. The van der Waals surface area contributed by atoms with Crippen molar-refractivity contribution in [1.82, 2.24) is 4.90 Å². The van der Waals surface area contributed by atoms with Crippen LogP contribution < -0.4 is 4.74 Å². The van der Waals surface area contributed by atoms with Crippen LogP contribution >= 0.6 is 22.6 Å². The highest BCUT2D eigenvalue weighted by Crippen LogP contribution is 2.35. The molecule has 0 unspecified atom stereocenters. The lowest BCUT2D eigenvalue weighted by Crippen LogP contribution is -2.13. The largest absolute Gasteiger partial charge is 0.494 e. The highest BCUT2D eigenvalue weighted by atomic mass is 127. The molecule has 0 N–H and O–H groups in total. The van der Waals surface area contributed by atoms with Gasteiger partial charge in [-0.05, 0) is 115 Å². The Balaban J connectivity index is 1.88. The lowest BCUT2D eigenvalue weighted by molar-refractivity contribution is 0.293. The minimum Gasteiger partial charge on any atom is -0.494 e. The molecule has 0 amide bonds. The Morgan fingerprint density at radius 1 is 0.774 bits per heavy atom. The zero-order valence-corrected chi connectivity index (χ0v) is 20.9. The summed E-state index contributed by atoms with van der Waals surface area (Å²) in [7, 11) is 4.22. The monoisotopic (exact) mass is 525 g/mol. The molecule has 0 radical (unpaired) electrons. The van der Waals surface area contributed by atoms with Gasteiger partial charge in [0.05, 0.1) is 6.61 Å².